The standard InChI is InChI=1S/C20H21BrN2O2/c1-3-4-9-19-22-17-7-5-6-8-18(17)23(19)13-15-11-10-14(12-16(15)21)20(24)25-2/h5-8,10-12H,3-4,9,13H2,1-2H3. The van der Waals surface area contributed by atoms with Gasteiger partial charge in [-0.3, -0.25) is 0 Å². The number of imidazole rings is 1. The quantitative estimate of drug-likeness (QED) is 0.548. The van der Waals surface area contributed by atoms with Gasteiger partial charge < -0.3 is 9.30 Å². The Morgan fingerprint density at radius 3 is 2.76 bits per heavy atom. The van der Waals surface area contributed by atoms with E-state index in [0.717, 1.165) is 46.2 Å². The first-order valence-electron chi connectivity index (χ1n) is 8.45. The fourth-order valence-corrected chi connectivity index (χ4v) is 3.42. The number of methoxy groups -OCH3 is 1. The molecule has 0 atom stereocenters. The van der Waals surface area contributed by atoms with Crippen LogP contribution < -0.4 is 0 Å². The molecule has 0 bridgehead atoms. The molecule has 4 nitrogen and oxygen atoms in total. The molecule has 25 heavy (non-hydrogen) atoms. The predicted molar refractivity (Wildman–Crippen MR) is 103 cm³/mol. The zero-order chi connectivity index (χ0) is 17.8. The minimum Gasteiger partial charge on any atom is -0.465 e. The Hall–Kier alpha value is -2.14. The lowest BCUT2D eigenvalue weighted by Gasteiger charge is -2.12. The van der Waals surface area contributed by atoms with Crippen molar-refractivity contribution in [2.75, 3.05) is 7.11 Å². The smallest absolute Gasteiger partial charge is 0.337 e. The molecule has 0 unspecified atom stereocenters. The summed E-state index contributed by atoms with van der Waals surface area (Å²) < 4.78 is 7.95. The third-order valence-electron chi connectivity index (χ3n) is 4.29. The Labute approximate surface area is 156 Å². The first-order chi connectivity index (χ1) is 12.1. The van der Waals surface area contributed by atoms with Crippen LogP contribution in [0.25, 0.3) is 11.0 Å². The number of esters is 1. The van der Waals surface area contributed by atoms with Gasteiger partial charge in [0.05, 0.1) is 30.3 Å². The number of carbonyl (C=O) groups is 1. The Kier molecular flexibility index (Phi) is 5.53. The molecule has 1 heterocycles. The molecule has 3 rings (SSSR count). The second kappa shape index (κ2) is 7.83. The maximum atomic E-state index is 11.7. The summed E-state index contributed by atoms with van der Waals surface area (Å²) in [4.78, 5) is 16.5. The molecule has 1 aromatic heterocycles. The van der Waals surface area contributed by atoms with Crippen LogP contribution in [0.5, 0.6) is 0 Å². The van der Waals surface area contributed by atoms with Crippen LogP contribution in [-0.4, -0.2) is 22.6 Å². The van der Waals surface area contributed by atoms with Crippen LogP contribution in [0.1, 0.15) is 41.5 Å². The van der Waals surface area contributed by atoms with Gasteiger partial charge in [-0.25, -0.2) is 9.78 Å². The number of aryl methyl sites for hydroxylation is 1. The fourth-order valence-electron chi connectivity index (χ4n) is 2.92. The van der Waals surface area contributed by atoms with E-state index in [2.05, 4.69) is 39.6 Å². The Morgan fingerprint density at radius 2 is 2.04 bits per heavy atom. The highest BCUT2D eigenvalue weighted by atomic mass is 79.9. The number of ether oxygens (including phenoxy) is 1. The second-order valence-corrected chi connectivity index (χ2v) is 6.86. The van der Waals surface area contributed by atoms with E-state index in [4.69, 9.17) is 9.72 Å². The summed E-state index contributed by atoms with van der Waals surface area (Å²) in [6.07, 6.45) is 3.22. The Morgan fingerprint density at radius 1 is 1.24 bits per heavy atom. The van der Waals surface area contributed by atoms with Crippen LogP contribution in [0, 0.1) is 0 Å². The van der Waals surface area contributed by atoms with Crippen molar-refractivity contribution in [3.63, 3.8) is 0 Å². The summed E-state index contributed by atoms with van der Waals surface area (Å²) in [5, 5.41) is 0. The van der Waals surface area contributed by atoms with E-state index in [1.165, 1.54) is 7.11 Å². The summed E-state index contributed by atoms with van der Waals surface area (Å²) in [7, 11) is 1.39. The van der Waals surface area contributed by atoms with E-state index in [9.17, 15) is 4.79 Å². The van der Waals surface area contributed by atoms with Gasteiger partial charge in [0.15, 0.2) is 0 Å². The largest absolute Gasteiger partial charge is 0.465 e. The van der Waals surface area contributed by atoms with E-state index >= 15 is 0 Å². The summed E-state index contributed by atoms with van der Waals surface area (Å²) in [5.74, 6) is 0.774. The lowest BCUT2D eigenvalue weighted by Crippen LogP contribution is -2.07. The van der Waals surface area contributed by atoms with E-state index in [0.29, 0.717) is 12.1 Å². The molecular weight excluding hydrogens is 380 g/mol. The highest BCUT2D eigenvalue weighted by Gasteiger charge is 2.13. The van der Waals surface area contributed by atoms with E-state index in [1.54, 1.807) is 6.07 Å². The number of nitrogens with zero attached hydrogens (tertiary/aromatic N) is 2. The van der Waals surface area contributed by atoms with Crippen molar-refractivity contribution in [1.82, 2.24) is 9.55 Å². The second-order valence-electron chi connectivity index (χ2n) is 6.00. The molecule has 0 aliphatic heterocycles. The van der Waals surface area contributed by atoms with Gasteiger partial charge in [0.25, 0.3) is 0 Å². The molecule has 0 spiro atoms. The van der Waals surface area contributed by atoms with Gasteiger partial charge in [-0.2, -0.15) is 0 Å². The SMILES string of the molecule is CCCCc1nc2ccccc2n1Cc1ccc(C(=O)OC)cc1Br. The normalized spacial score (nSPS) is 11.0. The molecule has 0 radical (unpaired) electrons. The average Bonchev–Trinajstić information content (AvgIpc) is 2.98. The summed E-state index contributed by atoms with van der Waals surface area (Å²) in [5.41, 5.74) is 3.81. The highest BCUT2D eigenvalue weighted by Crippen LogP contribution is 2.24. The van der Waals surface area contributed by atoms with Gasteiger partial charge in [-0.1, -0.05) is 47.5 Å². The molecule has 0 fully saturated rings. The van der Waals surface area contributed by atoms with Crippen LogP contribution >= 0.6 is 15.9 Å². The number of carbonyl (C=O) groups excluding carboxylic acids is 1. The minimum absolute atomic E-state index is 0.330. The van der Waals surface area contributed by atoms with Crippen LogP contribution in [0.15, 0.2) is 46.9 Å². The van der Waals surface area contributed by atoms with E-state index < -0.39 is 0 Å². The third kappa shape index (κ3) is 3.76. The van der Waals surface area contributed by atoms with Crippen molar-refractivity contribution < 1.29 is 9.53 Å². The Bertz CT molecular complexity index is 902. The van der Waals surface area contributed by atoms with Crippen molar-refractivity contribution in [2.45, 2.75) is 32.7 Å². The average molecular weight is 401 g/mol. The number of unbranched alkanes of at least 4 members (excludes halogenated alkanes) is 1. The number of hydrogen-bond acceptors (Lipinski definition) is 3. The van der Waals surface area contributed by atoms with Crippen LogP contribution in [0.4, 0.5) is 0 Å². The van der Waals surface area contributed by atoms with Crippen molar-refractivity contribution in [3.8, 4) is 0 Å². The minimum atomic E-state index is -0.330. The molecule has 0 aliphatic rings. The summed E-state index contributed by atoms with van der Waals surface area (Å²) in [6.45, 7) is 2.90. The number of fused-ring (bicyclic) bond motifs is 1. The number of halogens is 1. The van der Waals surface area contributed by atoms with Crippen molar-refractivity contribution in [3.05, 3.63) is 63.9 Å². The molecule has 0 aliphatic carbocycles. The van der Waals surface area contributed by atoms with Crippen LogP contribution in [0.2, 0.25) is 0 Å². The highest BCUT2D eigenvalue weighted by molar-refractivity contribution is 9.10. The molecule has 2 aromatic carbocycles. The lowest BCUT2D eigenvalue weighted by atomic mass is 10.1. The molecule has 0 saturated carbocycles. The molecule has 5 heteroatoms. The van der Waals surface area contributed by atoms with Crippen molar-refractivity contribution in [1.29, 1.82) is 0 Å². The first-order valence-corrected chi connectivity index (χ1v) is 9.24. The Balaban J connectivity index is 1.98. The van der Waals surface area contributed by atoms with Crippen LogP contribution in [-0.2, 0) is 17.7 Å². The zero-order valence-electron chi connectivity index (χ0n) is 14.5. The van der Waals surface area contributed by atoms with E-state index in [1.807, 2.05) is 24.3 Å². The molecular formula is C20H21BrN2O2. The van der Waals surface area contributed by atoms with Gasteiger partial charge >= 0.3 is 5.97 Å². The van der Waals surface area contributed by atoms with Crippen molar-refractivity contribution in [2.24, 2.45) is 0 Å². The van der Waals surface area contributed by atoms with Crippen molar-refractivity contribution >= 4 is 32.9 Å². The monoisotopic (exact) mass is 400 g/mol. The van der Waals surface area contributed by atoms with Gasteiger partial charge in [-0.05, 0) is 36.2 Å². The first kappa shape index (κ1) is 17.7. The summed E-state index contributed by atoms with van der Waals surface area (Å²) in [6, 6.07) is 13.8. The van der Waals surface area contributed by atoms with E-state index in [-0.39, 0.29) is 5.97 Å². The fraction of sp³-hybridized carbons (Fsp3) is 0.300. The number of hydrogen-bond donors (Lipinski definition) is 0. The predicted octanol–water partition coefficient (Wildman–Crippen LogP) is 4.98. The molecule has 3 aromatic rings. The van der Waals surface area contributed by atoms with Gasteiger partial charge in [-0.15, -0.1) is 0 Å². The maximum absolute atomic E-state index is 11.7. The molecule has 0 N–H and O–H groups in total. The van der Waals surface area contributed by atoms with Gasteiger partial charge in [0.1, 0.15) is 5.82 Å². The zero-order valence-corrected chi connectivity index (χ0v) is 16.0. The molecule has 0 amide bonds. The summed E-state index contributed by atoms with van der Waals surface area (Å²) >= 11 is 3.59. The number of para-hydroxylation sites is 2. The van der Waals surface area contributed by atoms with Gasteiger partial charge in [0, 0.05) is 10.9 Å². The number of aromatic nitrogens is 2. The van der Waals surface area contributed by atoms with Crippen LogP contribution in [0.3, 0.4) is 0 Å². The lowest BCUT2D eigenvalue weighted by molar-refractivity contribution is 0.0600. The topological polar surface area (TPSA) is 44.1 Å². The molecule has 0 saturated heterocycles. The van der Waals surface area contributed by atoms with Gasteiger partial charge in [0.2, 0.25) is 0 Å². The third-order valence-corrected chi connectivity index (χ3v) is 5.03. The molecule has 130 valence electrons. The maximum Gasteiger partial charge on any atom is 0.337 e. The number of rotatable bonds is 6. The number of benzene rings is 2.